The van der Waals surface area contributed by atoms with Crippen molar-refractivity contribution in [1.29, 1.82) is 0 Å². The highest BCUT2D eigenvalue weighted by molar-refractivity contribution is 5.52. The van der Waals surface area contributed by atoms with E-state index in [1.54, 1.807) is 14.2 Å². The van der Waals surface area contributed by atoms with Crippen molar-refractivity contribution in [2.24, 2.45) is 0 Å². The van der Waals surface area contributed by atoms with Crippen molar-refractivity contribution in [2.45, 2.75) is 38.2 Å². The monoisotopic (exact) mass is 316 g/mol. The molecule has 0 radical (unpaired) electrons. The van der Waals surface area contributed by atoms with E-state index in [0.29, 0.717) is 5.92 Å². The van der Waals surface area contributed by atoms with Gasteiger partial charge >= 0.3 is 0 Å². The van der Waals surface area contributed by atoms with Gasteiger partial charge in [0.1, 0.15) is 17.3 Å². The standard InChI is InChI=1S/C18H24N2O3/c1-18(2)12-13(7-10-23-18)17-19-8-9-20(17)15-11-14(21-3)5-6-16(15)22-4/h5-6,8-9,11,13H,7,10,12H2,1-4H3/t13-/m1/s1. The minimum absolute atomic E-state index is 0.113. The van der Waals surface area contributed by atoms with E-state index in [9.17, 15) is 0 Å². The summed E-state index contributed by atoms with van der Waals surface area (Å²) in [4.78, 5) is 4.62. The normalized spacial score (nSPS) is 20.3. The third kappa shape index (κ3) is 3.20. The summed E-state index contributed by atoms with van der Waals surface area (Å²) in [6, 6.07) is 5.80. The number of rotatable bonds is 4. The summed E-state index contributed by atoms with van der Waals surface area (Å²) >= 11 is 0. The zero-order valence-corrected chi connectivity index (χ0v) is 14.2. The van der Waals surface area contributed by atoms with Crippen LogP contribution in [0.25, 0.3) is 5.69 Å². The molecule has 3 rings (SSSR count). The average molecular weight is 316 g/mol. The summed E-state index contributed by atoms with van der Waals surface area (Å²) in [6.45, 7) is 5.04. The second-order valence-electron chi connectivity index (χ2n) is 6.49. The molecule has 5 nitrogen and oxygen atoms in total. The van der Waals surface area contributed by atoms with Crippen molar-refractivity contribution >= 4 is 0 Å². The number of aromatic nitrogens is 2. The van der Waals surface area contributed by atoms with Gasteiger partial charge in [0.25, 0.3) is 0 Å². The van der Waals surface area contributed by atoms with Gasteiger partial charge in [0.2, 0.25) is 0 Å². The highest BCUT2D eigenvalue weighted by atomic mass is 16.5. The van der Waals surface area contributed by atoms with Crippen molar-refractivity contribution in [3.63, 3.8) is 0 Å². The lowest BCUT2D eigenvalue weighted by molar-refractivity contribution is -0.0604. The first kappa shape index (κ1) is 15.9. The Morgan fingerprint density at radius 2 is 2.09 bits per heavy atom. The molecule has 1 aliphatic heterocycles. The van der Waals surface area contributed by atoms with Crippen LogP contribution in [0.1, 0.15) is 38.4 Å². The Bertz CT molecular complexity index is 679. The molecule has 0 spiro atoms. The average Bonchev–Trinajstić information content (AvgIpc) is 3.02. The van der Waals surface area contributed by atoms with E-state index in [2.05, 4.69) is 23.4 Å². The third-order valence-electron chi connectivity index (χ3n) is 4.38. The van der Waals surface area contributed by atoms with Crippen LogP contribution in [0.15, 0.2) is 30.6 Å². The fraction of sp³-hybridized carbons (Fsp3) is 0.500. The van der Waals surface area contributed by atoms with E-state index in [4.69, 9.17) is 14.2 Å². The zero-order chi connectivity index (χ0) is 16.4. The fourth-order valence-corrected chi connectivity index (χ4v) is 3.26. The third-order valence-corrected chi connectivity index (χ3v) is 4.38. The van der Waals surface area contributed by atoms with E-state index < -0.39 is 0 Å². The minimum Gasteiger partial charge on any atom is -0.497 e. The Morgan fingerprint density at radius 3 is 2.78 bits per heavy atom. The highest BCUT2D eigenvalue weighted by Gasteiger charge is 2.32. The summed E-state index contributed by atoms with van der Waals surface area (Å²) in [5, 5.41) is 0. The van der Waals surface area contributed by atoms with Gasteiger partial charge < -0.3 is 14.2 Å². The fourth-order valence-electron chi connectivity index (χ4n) is 3.26. The van der Waals surface area contributed by atoms with E-state index in [1.807, 2.05) is 30.6 Å². The molecule has 2 aromatic rings. The molecule has 0 bridgehead atoms. The molecule has 1 atom stereocenters. The van der Waals surface area contributed by atoms with Crippen LogP contribution < -0.4 is 9.47 Å². The van der Waals surface area contributed by atoms with Crippen LogP contribution >= 0.6 is 0 Å². The maximum atomic E-state index is 5.84. The summed E-state index contributed by atoms with van der Waals surface area (Å²) < 4.78 is 18.8. The van der Waals surface area contributed by atoms with E-state index in [0.717, 1.165) is 42.5 Å². The Morgan fingerprint density at radius 1 is 1.26 bits per heavy atom. The molecule has 1 fully saturated rings. The molecule has 0 saturated carbocycles. The Hall–Kier alpha value is -2.01. The Labute approximate surface area is 137 Å². The number of hydrogen-bond acceptors (Lipinski definition) is 4. The molecular formula is C18H24N2O3. The SMILES string of the molecule is COc1ccc(OC)c(-n2ccnc2[C@@H]2CCOC(C)(C)C2)c1. The number of ether oxygens (including phenoxy) is 3. The molecule has 0 aliphatic carbocycles. The number of hydrogen-bond donors (Lipinski definition) is 0. The summed E-state index contributed by atoms with van der Waals surface area (Å²) in [6.07, 6.45) is 5.76. The lowest BCUT2D eigenvalue weighted by Crippen LogP contribution is -2.33. The Kier molecular flexibility index (Phi) is 4.31. The zero-order valence-electron chi connectivity index (χ0n) is 14.2. The largest absolute Gasteiger partial charge is 0.497 e. The molecule has 0 amide bonds. The summed E-state index contributed by atoms with van der Waals surface area (Å²) in [7, 11) is 3.35. The van der Waals surface area contributed by atoms with Gasteiger partial charge in [-0.25, -0.2) is 4.98 Å². The molecule has 0 N–H and O–H groups in total. The van der Waals surface area contributed by atoms with Crippen molar-refractivity contribution in [2.75, 3.05) is 20.8 Å². The molecule has 1 aromatic heterocycles. The molecule has 1 aliphatic rings. The van der Waals surface area contributed by atoms with Crippen molar-refractivity contribution < 1.29 is 14.2 Å². The molecule has 23 heavy (non-hydrogen) atoms. The van der Waals surface area contributed by atoms with Crippen LogP contribution in [0.2, 0.25) is 0 Å². The van der Waals surface area contributed by atoms with Crippen LogP contribution in [0.4, 0.5) is 0 Å². The molecule has 1 aromatic carbocycles. The number of nitrogens with zero attached hydrogens (tertiary/aromatic N) is 2. The highest BCUT2D eigenvalue weighted by Crippen LogP contribution is 2.37. The minimum atomic E-state index is -0.113. The molecule has 5 heteroatoms. The lowest BCUT2D eigenvalue weighted by atomic mass is 9.87. The van der Waals surface area contributed by atoms with Crippen LogP contribution in [0.5, 0.6) is 11.5 Å². The molecule has 124 valence electrons. The van der Waals surface area contributed by atoms with Gasteiger partial charge in [-0.2, -0.15) is 0 Å². The van der Waals surface area contributed by atoms with Gasteiger partial charge in [0.15, 0.2) is 0 Å². The van der Waals surface area contributed by atoms with Gasteiger partial charge in [-0.05, 0) is 38.8 Å². The molecule has 1 saturated heterocycles. The van der Waals surface area contributed by atoms with E-state index in [1.165, 1.54) is 0 Å². The van der Waals surface area contributed by atoms with Crippen LogP contribution in [0.3, 0.4) is 0 Å². The molecule has 2 heterocycles. The smallest absolute Gasteiger partial charge is 0.143 e. The van der Waals surface area contributed by atoms with Gasteiger partial charge in [-0.3, -0.25) is 4.57 Å². The van der Waals surface area contributed by atoms with Crippen molar-refractivity contribution in [3.05, 3.63) is 36.4 Å². The number of methoxy groups -OCH3 is 2. The van der Waals surface area contributed by atoms with Gasteiger partial charge in [0.05, 0.1) is 25.5 Å². The Balaban J connectivity index is 2.01. The first-order chi connectivity index (χ1) is 11.0. The first-order valence-corrected chi connectivity index (χ1v) is 7.93. The van der Waals surface area contributed by atoms with Crippen LogP contribution in [-0.2, 0) is 4.74 Å². The molecule has 0 unspecified atom stereocenters. The predicted molar refractivity (Wildman–Crippen MR) is 88.7 cm³/mol. The van der Waals surface area contributed by atoms with Gasteiger partial charge in [-0.1, -0.05) is 0 Å². The topological polar surface area (TPSA) is 45.5 Å². The number of imidazole rings is 1. The first-order valence-electron chi connectivity index (χ1n) is 7.93. The lowest BCUT2D eigenvalue weighted by Gasteiger charge is -2.35. The maximum absolute atomic E-state index is 5.84. The van der Waals surface area contributed by atoms with Crippen molar-refractivity contribution in [3.8, 4) is 17.2 Å². The predicted octanol–water partition coefficient (Wildman–Crippen LogP) is 3.56. The second kappa shape index (κ2) is 6.24. The van der Waals surface area contributed by atoms with Gasteiger partial charge in [-0.15, -0.1) is 0 Å². The van der Waals surface area contributed by atoms with E-state index >= 15 is 0 Å². The van der Waals surface area contributed by atoms with Gasteiger partial charge in [0, 0.05) is 31.0 Å². The second-order valence-corrected chi connectivity index (χ2v) is 6.49. The van der Waals surface area contributed by atoms with E-state index in [-0.39, 0.29) is 5.60 Å². The number of benzene rings is 1. The van der Waals surface area contributed by atoms with Crippen LogP contribution in [-0.4, -0.2) is 36.0 Å². The maximum Gasteiger partial charge on any atom is 0.143 e. The summed E-state index contributed by atoms with van der Waals surface area (Å²) in [5.41, 5.74) is 0.835. The molecular weight excluding hydrogens is 292 g/mol. The van der Waals surface area contributed by atoms with Crippen molar-refractivity contribution in [1.82, 2.24) is 9.55 Å². The summed E-state index contributed by atoms with van der Waals surface area (Å²) in [5.74, 6) is 3.02. The van der Waals surface area contributed by atoms with Crippen LogP contribution in [0, 0.1) is 0 Å². The quantitative estimate of drug-likeness (QED) is 0.865.